The molecule has 142 valence electrons. The molecule has 0 bridgehead atoms. The summed E-state index contributed by atoms with van der Waals surface area (Å²) >= 11 is 0. The van der Waals surface area contributed by atoms with Gasteiger partial charge in [0.1, 0.15) is 17.6 Å². The summed E-state index contributed by atoms with van der Waals surface area (Å²) in [5.41, 5.74) is 1.89. The Labute approximate surface area is 158 Å². The van der Waals surface area contributed by atoms with Gasteiger partial charge in [-0.2, -0.15) is 0 Å². The van der Waals surface area contributed by atoms with Crippen LogP contribution in [0.2, 0.25) is 0 Å². The molecule has 7 heteroatoms. The zero-order chi connectivity index (χ0) is 19.4. The Balaban J connectivity index is 2.08. The first kappa shape index (κ1) is 18.8. The number of nitrogens with one attached hydrogen (secondary N) is 2. The molecule has 0 saturated carbocycles. The number of amides is 1. The lowest BCUT2D eigenvalue weighted by Gasteiger charge is -2.26. The van der Waals surface area contributed by atoms with Crippen molar-refractivity contribution in [3.63, 3.8) is 0 Å². The molecule has 0 fully saturated rings. The monoisotopic (exact) mass is 368 g/mol. The van der Waals surface area contributed by atoms with Crippen LogP contribution in [0.15, 0.2) is 30.3 Å². The summed E-state index contributed by atoms with van der Waals surface area (Å²) in [5, 5.41) is 6.05. The zero-order valence-corrected chi connectivity index (χ0v) is 15.8. The van der Waals surface area contributed by atoms with E-state index >= 15 is 0 Å². The fourth-order valence-corrected chi connectivity index (χ4v) is 3.07. The van der Waals surface area contributed by atoms with E-state index < -0.39 is 6.04 Å². The smallest absolute Gasteiger partial charge is 0.328 e. The fraction of sp³-hybridized carbons (Fsp3) is 0.400. The molecule has 0 unspecified atom stereocenters. The number of carbonyl (C=O) groups is 2. The Morgan fingerprint density at radius 3 is 2.70 bits per heavy atom. The van der Waals surface area contributed by atoms with Crippen molar-refractivity contribution < 1.29 is 14.3 Å². The van der Waals surface area contributed by atoms with Crippen molar-refractivity contribution >= 4 is 17.7 Å². The third kappa shape index (κ3) is 3.92. The topological polar surface area (TPSA) is 93.2 Å². The molecule has 27 heavy (non-hydrogen) atoms. The van der Waals surface area contributed by atoms with Gasteiger partial charge in [-0.3, -0.25) is 4.79 Å². The van der Waals surface area contributed by atoms with Gasteiger partial charge in [-0.15, -0.1) is 0 Å². The molecule has 1 aromatic heterocycles. The van der Waals surface area contributed by atoms with Gasteiger partial charge in [0.15, 0.2) is 5.82 Å². The van der Waals surface area contributed by atoms with Crippen molar-refractivity contribution in [2.75, 3.05) is 19.0 Å². The normalized spacial score (nSPS) is 15.3. The number of anilines is 1. The van der Waals surface area contributed by atoms with Crippen LogP contribution in [-0.2, 0) is 16.0 Å². The van der Waals surface area contributed by atoms with Gasteiger partial charge in [-0.1, -0.05) is 50.6 Å². The first-order valence-electron chi connectivity index (χ1n) is 9.14. The molecule has 0 saturated heterocycles. The highest BCUT2D eigenvalue weighted by molar-refractivity contribution is 5.96. The van der Waals surface area contributed by atoms with Crippen LogP contribution in [0.25, 0.3) is 11.4 Å². The number of ether oxygens (including phenoxy) is 1. The van der Waals surface area contributed by atoms with E-state index in [9.17, 15) is 9.59 Å². The fourth-order valence-electron chi connectivity index (χ4n) is 3.07. The third-order valence-corrected chi connectivity index (χ3v) is 4.88. The molecule has 0 aliphatic carbocycles. The van der Waals surface area contributed by atoms with E-state index in [1.165, 1.54) is 7.11 Å². The van der Waals surface area contributed by atoms with Crippen LogP contribution >= 0.6 is 0 Å². The number of benzene rings is 1. The van der Waals surface area contributed by atoms with Gasteiger partial charge < -0.3 is 15.4 Å². The number of fused-ring (bicyclic) bond motifs is 1. The number of rotatable bonds is 6. The van der Waals surface area contributed by atoms with Gasteiger partial charge in [0.05, 0.1) is 7.11 Å². The van der Waals surface area contributed by atoms with E-state index in [0.29, 0.717) is 30.3 Å². The molecule has 7 nitrogen and oxygen atoms in total. The maximum Gasteiger partial charge on any atom is 0.328 e. The number of esters is 1. The minimum atomic E-state index is -0.549. The summed E-state index contributed by atoms with van der Waals surface area (Å²) < 4.78 is 4.96. The Morgan fingerprint density at radius 1 is 1.30 bits per heavy atom. The summed E-state index contributed by atoms with van der Waals surface area (Å²) in [7, 11) is 1.37. The maximum absolute atomic E-state index is 12.4. The van der Waals surface area contributed by atoms with Crippen molar-refractivity contribution in [2.24, 2.45) is 5.92 Å². The average Bonchev–Trinajstić information content (AvgIpc) is 2.71. The molecule has 0 radical (unpaired) electrons. The second-order valence-electron chi connectivity index (χ2n) is 6.63. The van der Waals surface area contributed by atoms with E-state index in [0.717, 1.165) is 17.5 Å². The molecular weight excluding hydrogens is 344 g/mol. The number of nitrogens with zero attached hydrogens (tertiary/aromatic N) is 2. The largest absolute Gasteiger partial charge is 0.467 e. The highest BCUT2D eigenvalue weighted by Gasteiger charge is 2.29. The molecule has 2 aromatic rings. The number of carbonyl (C=O) groups excluding carboxylic acids is 2. The first-order chi connectivity index (χ1) is 13.0. The van der Waals surface area contributed by atoms with Crippen LogP contribution < -0.4 is 10.6 Å². The highest BCUT2D eigenvalue weighted by atomic mass is 16.5. The molecule has 1 aliphatic heterocycles. The third-order valence-electron chi connectivity index (χ3n) is 4.88. The van der Waals surface area contributed by atoms with Crippen LogP contribution in [0.5, 0.6) is 0 Å². The number of hydrogen-bond donors (Lipinski definition) is 2. The lowest BCUT2D eigenvalue weighted by Crippen LogP contribution is -2.39. The molecule has 1 aromatic carbocycles. The van der Waals surface area contributed by atoms with Gasteiger partial charge in [-0.05, 0) is 12.3 Å². The summed E-state index contributed by atoms with van der Waals surface area (Å²) in [6.07, 6.45) is 1.40. The van der Waals surface area contributed by atoms with Crippen molar-refractivity contribution in [3.8, 4) is 11.4 Å². The van der Waals surface area contributed by atoms with E-state index in [1.54, 1.807) is 0 Å². The van der Waals surface area contributed by atoms with Gasteiger partial charge in [0, 0.05) is 17.7 Å². The predicted octanol–water partition coefficient (Wildman–Crippen LogP) is 2.43. The second-order valence-corrected chi connectivity index (χ2v) is 6.63. The van der Waals surface area contributed by atoms with Crippen LogP contribution in [-0.4, -0.2) is 41.5 Å². The van der Waals surface area contributed by atoms with Crippen molar-refractivity contribution in [1.82, 2.24) is 15.3 Å². The summed E-state index contributed by atoms with van der Waals surface area (Å²) in [6, 6.07) is 8.91. The average molecular weight is 368 g/mol. The summed E-state index contributed by atoms with van der Waals surface area (Å²) in [5.74, 6) is 0.432. The molecule has 0 spiro atoms. The molecule has 1 aliphatic rings. The van der Waals surface area contributed by atoms with Crippen molar-refractivity contribution in [2.45, 2.75) is 32.7 Å². The standard InChI is InChI=1S/C20H24N4O3/c1-4-12(2)15(20(26)27-3)22-18-14-10-11-21-19(25)16(14)23-17(24-18)13-8-6-5-7-9-13/h5-9,12,15H,4,10-11H2,1-3H3,(H,21,25)(H,22,23,24)/t12-,15-/m0/s1. The number of methoxy groups -OCH3 is 1. The summed E-state index contributed by atoms with van der Waals surface area (Å²) in [6.45, 7) is 4.51. The van der Waals surface area contributed by atoms with Crippen LogP contribution in [0.3, 0.4) is 0 Å². The van der Waals surface area contributed by atoms with Gasteiger partial charge in [0.25, 0.3) is 5.91 Å². The van der Waals surface area contributed by atoms with Gasteiger partial charge in [-0.25, -0.2) is 14.8 Å². The minimum absolute atomic E-state index is 0.0423. The number of aromatic nitrogens is 2. The lowest BCUT2D eigenvalue weighted by molar-refractivity contribution is -0.142. The highest BCUT2D eigenvalue weighted by Crippen LogP contribution is 2.26. The van der Waals surface area contributed by atoms with Crippen LogP contribution in [0, 0.1) is 5.92 Å². The SMILES string of the molecule is CC[C@H](C)[C@H](Nc1nc(-c2ccccc2)nc2c1CCNC2=O)C(=O)OC. The zero-order valence-electron chi connectivity index (χ0n) is 15.8. The predicted molar refractivity (Wildman–Crippen MR) is 102 cm³/mol. The van der Waals surface area contributed by atoms with Crippen molar-refractivity contribution in [3.05, 3.63) is 41.6 Å². The Bertz CT molecular complexity index is 839. The second kappa shape index (κ2) is 8.16. The Hall–Kier alpha value is -2.96. The molecule has 3 rings (SSSR count). The van der Waals surface area contributed by atoms with Crippen LogP contribution in [0.4, 0.5) is 5.82 Å². The van der Waals surface area contributed by atoms with Gasteiger partial charge >= 0.3 is 5.97 Å². The number of hydrogen-bond acceptors (Lipinski definition) is 6. The van der Waals surface area contributed by atoms with E-state index in [2.05, 4.69) is 20.6 Å². The van der Waals surface area contributed by atoms with E-state index in [-0.39, 0.29) is 17.8 Å². The lowest BCUT2D eigenvalue weighted by atomic mass is 9.98. The summed E-state index contributed by atoms with van der Waals surface area (Å²) in [4.78, 5) is 33.8. The quantitative estimate of drug-likeness (QED) is 0.761. The van der Waals surface area contributed by atoms with Crippen LogP contribution in [0.1, 0.15) is 36.3 Å². The molecule has 1 amide bonds. The minimum Gasteiger partial charge on any atom is -0.467 e. The Morgan fingerprint density at radius 2 is 2.04 bits per heavy atom. The molecule has 2 atom stereocenters. The Kier molecular flexibility index (Phi) is 5.69. The van der Waals surface area contributed by atoms with Gasteiger partial charge in [0.2, 0.25) is 0 Å². The molecule has 2 N–H and O–H groups in total. The van der Waals surface area contributed by atoms with E-state index in [1.807, 2.05) is 44.2 Å². The van der Waals surface area contributed by atoms with E-state index in [4.69, 9.17) is 4.74 Å². The maximum atomic E-state index is 12.4. The van der Waals surface area contributed by atoms with Crippen molar-refractivity contribution in [1.29, 1.82) is 0 Å². The first-order valence-corrected chi connectivity index (χ1v) is 9.14. The molecular formula is C20H24N4O3. The molecule has 2 heterocycles.